The van der Waals surface area contributed by atoms with Gasteiger partial charge in [-0.25, -0.2) is 0 Å². The first-order chi connectivity index (χ1) is 8.19. The Morgan fingerprint density at radius 2 is 1.94 bits per heavy atom. The van der Waals surface area contributed by atoms with Crippen LogP contribution in [0.3, 0.4) is 0 Å². The molecule has 1 aromatic carbocycles. The SMILES string of the molecule is CCC(CC)Nc1cccc(NC(=O)CO)c1. The van der Waals surface area contributed by atoms with Crippen LogP contribution in [0, 0.1) is 0 Å². The molecular formula is C13H20N2O2. The lowest BCUT2D eigenvalue weighted by Crippen LogP contribution is -2.18. The van der Waals surface area contributed by atoms with Gasteiger partial charge in [-0.05, 0) is 31.0 Å². The van der Waals surface area contributed by atoms with E-state index in [9.17, 15) is 4.79 Å². The van der Waals surface area contributed by atoms with Crippen LogP contribution in [-0.2, 0) is 4.79 Å². The van der Waals surface area contributed by atoms with Crippen molar-refractivity contribution < 1.29 is 9.90 Å². The zero-order valence-corrected chi connectivity index (χ0v) is 10.4. The fourth-order valence-corrected chi connectivity index (χ4v) is 1.62. The van der Waals surface area contributed by atoms with Crippen molar-refractivity contribution >= 4 is 17.3 Å². The zero-order chi connectivity index (χ0) is 12.7. The molecule has 1 aromatic rings. The summed E-state index contributed by atoms with van der Waals surface area (Å²) < 4.78 is 0. The summed E-state index contributed by atoms with van der Waals surface area (Å²) in [6.07, 6.45) is 2.12. The third-order valence-electron chi connectivity index (χ3n) is 2.65. The van der Waals surface area contributed by atoms with Crippen LogP contribution in [0.25, 0.3) is 0 Å². The largest absolute Gasteiger partial charge is 0.387 e. The third kappa shape index (κ3) is 4.44. The molecule has 3 N–H and O–H groups in total. The molecule has 0 aromatic heterocycles. The zero-order valence-electron chi connectivity index (χ0n) is 10.4. The number of nitrogens with one attached hydrogen (secondary N) is 2. The second-order valence-corrected chi connectivity index (χ2v) is 3.94. The van der Waals surface area contributed by atoms with Gasteiger partial charge in [-0.2, -0.15) is 0 Å². The monoisotopic (exact) mass is 236 g/mol. The lowest BCUT2D eigenvalue weighted by atomic mass is 10.1. The first-order valence-electron chi connectivity index (χ1n) is 5.96. The molecule has 0 aliphatic heterocycles. The number of amides is 1. The van der Waals surface area contributed by atoms with Crippen molar-refractivity contribution in [3.8, 4) is 0 Å². The maximum absolute atomic E-state index is 11.0. The summed E-state index contributed by atoms with van der Waals surface area (Å²) in [4.78, 5) is 11.0. The summed E-state index contributed by atoms with van der Waals surface area (Å²) in [6, 6.07) is 7.95. The van der Waals surface area contributed by atoms with Crippen molar-refractivity contribution in [2.24, 2.45) is 0 Å². The van der Waals surface area contributed by atoms with Crippen LogP contribution in [0.4, 0.5) is 11.4 Å². The molecular weight excluding hydrogens is 216 g/mol. The summed E-state index contributed by atoms with van der Waals surface area (Å²) in [5.41, 5.74) is 1.68. The predicted octanol–water partition coefficient (Wildman–Crippen LogP) is 2.22. The van der Waals surface area contributed by atoms with Crippen LogP contribution in [0.2, 0.25) is 0 Å². The van der Waals surface area contributed by atoms with Gasteiger partial charge in [0.25, 0.3) is 0 Å². The van der Waals surface area contributed by atoms with Gasteiger partial charge in [0.2, 0.25) is 5.91 Å². The Labute approximate surface area is 102 Å². The van der Waals surface area contributed by atoms with Crippen LogP contribution in [-0.4, -0.2) is 23.7 Å². The van der Waals surface area contributed by atoms with Gasteiger partial charge in [-0.1, -0.05) is 19.9 Å². The number of aliphatic hydroxyl groups excluding tert-OH is 1. The number of carbonyl (C=O) groups excluding carboxylic acids is 1. The van der Waals surface area contributed by atoms with Gasteiger partial charge in [0.1, 0.15) is 6.61 Å². The van der Waals surface area contributed by atoms with Crippen LogP contribution in [0.5, 0.6) is 0 Å². The average Bonchev–Trinajstić information content (AvgIpc) is 2.36. The maximum Gasteiger partial charge on any atom is 0.250 e. The molecule has 0 unspecified atom stereocenters. The van der Waals surface area contributed by atoms with E-state index in [2.05, 4.69) is 24.5 Å². The van der Waals surface area contributed by atoms with E-state index in [0.717, 1.165) is 18.5 Å². The Kier molecular flexibility index (Phi) is 5.49. The van der Waals surface area contributed by atoms with Crippen molar-refractivity contribution in [1.29, 1.82) is 0 Å². The lowest BCUT2D eigenvalue weighted by Gasteiger charge is -2.16. The summed E-state index contributed by atoms with van der Waals surface area (Å²) in [6.45, 7) is 3.78. The topological polar surface area (TPSA) is 61.4 Å². The molecule has 0 fully saturated rings. The smallest absolute Gasteiger partial charge is 0.250 e. The second-order valence-electron chi connectivity index (χ2n) is 3.94. The van der Waals surface area contributed by atoms with Gasteiger partial charge in [0, 0.05) is 17.4 Å². The van der Waals surface area contributed by atoms with Crippen LogP contribution in [0.1, 0.15) is 26.7 Å². The molecule has 0 saturated heterocycles. The first-order valence-corrected chi connectivity index (χ1v) is 5.96. The van der Waals surface area contributed by atoms with Crippen molar-refractivity contribution in [3.63, 3.8) is 0 Å². The van der Waals surface area contributed by atoms with Gasteiger partial charge in [0.05, 0.1) is 0 Å². The number of aliphatic hydroxyl groups is 1. The van der Waals surface area contributed by atoms with Crippen molar-refractivity contribution in [2.75, 3.05) is 17.2 Å². The number of benzene rings is 1. The van der Waals surface area contributed by atoms with Gasteiger partial charge in [-0.15, -0.1) is 0 Å². The van der Waals surface area contributed by atoms with E-state index in [-0.39, 0.29) is 0 Å². The summed E-state index contributed by atoms with van der Waals surface area (Å²) in [7, 11) is 0. The fraction of sp³-hybridized carbons (Fsp3) is 0.462. The van der Waals surface area contributed by atoms with Gasteiger partial charge in [0.15, 0.2) is 0 Å². The molecule has 94 valence electrons. The second kappa shape index (κ2) is 6.91. The molecule has 1 rings (SSSR count). The molecule has 4 nitrogen and oxygen atoms in total. The van der Waals surface area contributed by atoms with Gasteiger partial charge < -0.3 is 15.7 Å². The summed E-state index contributed by atoms with van der Waals surface area (Å²) in [5.74, 6) is -0.398. The van der Waals surface area contributed by atoms with E-state index >= 15 is 0 Å². The van der Waals surface area contributed by atoms with Gasteiger partial charge >= 0.3 is 0 Å². The third-order valence-corrected chi connectivity index (χ3v) is 2.65. The standard InChI is InChI=1S/C13H20N2O2/c1-3-10(4-2)14-11-6-5-7-12(8-11)15-13(17)9-16/h5-8,10,14,16H,3-4,9H2,1-2H3,(H,15,17). The highest BCUT2D eigenvalue weighted by Gasteiger charge is 2.04. The molecule has 0 bridgehead atoms. The average molecular weight is 236 g/mol. The van der Waals surface area contributed by atoms with E-state index in [0.29, 0.717) is 11.7 Å². The van der Waals surface area contributed by atoms with Crippen molar-refractivity contribution in [1.82, 2.24) is 0 Å². The highest BCUT2D eigenvalue weighted by Crippen LogP contribution is 2.17. The number of hydrogen-bond donors (Lipinski definition) is 3. The van der Waals surface area contributed by atoms with Crippen LogP contribution < -0.4 is 10.6 Å². The Balaban J connectivity index is 2.68. The van der Waals surface area contributed by atoms with Gasteiger partial charge in [-0.3, -0.25) is 4.79 Å². The van der Waals surface area contributed by atoms with E-state index in [1.165, 1.54) is 0 Å². The molecule has 0 spiro atoms. The Morgan fingerprint density at radius 3 is 2.53 bits per heavy atom. The molecule has 0 radical (unpaired) electrons. The van der Waals surface area contributed by atoms with Crippen molar-refractivity contribution in [3.05, 3.63) is 24.3 Å². The van der Waals surface area contributed by atoms with Crippen LogP contribution >= 0.6 is 0 Å². The fourth-order valence-electron chi connectivity index (χ4n) is 1.62. The molecule has 1 amide bonds. The minimum Gasteiger partial charge on any atom is -0.387 e. The minimum absolute atomic E-state index is 0.398. The van der Waals surface area contributed by atoms with Crippen molar-refractivity contribution in [2.45, 2.75) is 32.7 Å². The predicted molar refractivity (Wildman–Crippen MR) is 70.2 cm³/mol. The highest BCUT2D eigenvalue weighted by atomic mass is 16.3. The van der Waals surface area contributed by atoms with E-state index in [1.54, 1.807) is 6.07 Å². The van der Waals surface area contributed by atoms with E-state index in [1.807, 2.05) is 18.2 Å². The number of carbonyl (C=O) groups is 1. The molecule has 0 atom stereocenters. The number of anilines is 2. The van der Waals surface area contributed by atoms with Crippen LogP contribution in [0.15, 0.2) is 24.3 Å². The Bertz CT molecular complexity index is 362. The number of hydrogen-bond acceptors (Lipinski definition) is 3. The first kappa shape index (κ1) is 13.5. The molecule has 0 aliphatic carbocycles. The Morgan fingerprint density at radius 1 is 1.29 bits per heavy atom. The molecule has 17 heavy (non-hydrogen) atoms. The molecule has 4 heteroatoms. The summed E-state index contributed by atoms with van der Waals surface area (Å²) >= 11 is 0. The minimum atomic E-state index is -0.496. The summed E-state index contributed by atoms with van der Waals surface area (Å²) in [5, 5.41) is 14.7. The molecule has 0 aliphatic rings. The quantitative estimate of drug-likeness (QED) is 0.709. The molecule has 0 heterocycles. The highest BCUT2D eigenvalue weighted by molar-refractivity contribution is 5.91. The Hall–Kier alpha value is -1.55. The lowest BCUT2D eigenvalue weighted by molar-refractivity contribution is -0.118. The number of rotatable bonds is 6. The normalized spacial score (nSPS) is 10.4. The van der Waals surface area contributed by atoms with E-state index < -0.39 is 12.5 Å². The maximum atomic E-state index is 11.0. The molecule has 0 saturated carbocycles. The van der Waals surface area contributed by atoms with E-state index in [4.69, 9.17) is 5.11 Å².